The molecule has 2 aromatic heterocycles. The molecule has 4 rings (SSSR count). The molecule has 146 valence electrons. The normalized spacial score (nSPS) is 16.9. The van der Waals surface area contributed by atoms with E-state index in [1.807, 2.05) is 14.0 Å². The number of aryl methyl sites for hydroxylation is 1. The zero-order chi connectivity index (χ0) is 19.5. The summed E-state index contributed by atoms with van der Waals surface area (Å²) in [4.78, 5) is 19.2. The molecular formula is C19H21N5O4. The Hall–Kier alpha value is -3.20. The number of amides is 1. The molecule has 9 nitrogen and oxygen atoms in total. The summed E-state index contributed by atoms with van der Waals surface area (Å²) < 4.78 is 18.0. The second kappa shape index (κ2) is 7.81. The summed E-state index contributed by atoms with van der Waals surface area (Å²) in [5, 5.41) is 8.18. The van der Waals surface area contributed by atoms with Gasteiger partial charge in [-0.3, -0.25) is 9.48 Å². The van der Waals surface area contributed by atoms with Gasteiger partial charge in [-0.2, -0.15) is 10.1 Å². The van der Waals surface area contributed by atoms with Crippen LogP contribution in [0.1, 0.15) is 29.1 Å². The van der Waals surface area contributed by atoms with Crippen LogP contribution in [-0.4, -0.2) is 57.1 Å². The van der Waals surface area contributed by atoms with E-state index in [0.717, 1.165) is 11.3 Å². The molecule has 1 fully saturated rings. The van der Waals surface area contributed by atoms with Gasteiger partial charge in [0.25, 0.3) is 11.8 Å². The molecule has 3 heterocycles. The van der Waals surface area contributed by atoms with Crippen molar-refractivity contribution in [1.82, 2.24) is 24.8 Å². The van der Waals surface area contributed by atoms with Crippen LogP contribution in [0.3, 0.4) is 0 Å². The van der Waals surface area contributed by atoms with E-state index in [4.69, 9.17) is 14.0 Å². The number of hydrogen-bond donors (Lipinski definition) is 0. The smallest absolute Gasteiger partial charge is 0.261 e. The van der Waals surface area contributed by atoms with Gasteiger partial charge in [0.1, 0.15) is 11.8 Å². The molecule has 0 radical (unpaired) electrons. The number of morpholine rings is 1. The van der Waals surface area contributed by atoms with Crippen molar-refractivity contribution in [2.24, 2.45) is 7.05 Å². The molecule has 1 amide bonds. The number of aromatic nitrogens is 4. The molecule has 0 saturated carbocycles. The lowest BCUT2D eigenvalue weighted by molar-refractivity contribution is -0.00577. The maximum Gasteiger partial charge on any atom is 0.261 e. The Morgan fingerprint density at radius 3 is 2.86 bits per heavy atom. The number of carbonyl (C=O) groups is 1. The fraction of sp³-hybridized carbons (Fsp3) is 0.368. The highest BCUT2D eigenvalue weighted by molar-refractivity contribution is 5.94. The molecule has 0 unspecified atom stereocenters. The second-order valence-corrected chi connectivity index (χ2v) is 6.41. The summed E-state index contributed by atoms with van der Waals surface area (Å²) in [7, 11) is 1.81. The average molecular weight is 383 g/mol. The number of rotatable bonds is 5. The zero-order valence-electron chi connectivity index (χ0n) is 15.7. The molecule has 28 heavy (non-hydrogen) atoms. The van der Waals surface area contributed by atoms with Crippen LogP contribution in [0.2, 0.25) is 0 Å². The van der Waals surface area contributed by atoms with Gasteiger partial charge in [-0.05, 0) is 31.2 Å². The van der Waals surface area contributed by atoms with Gasteiger partial charge in [-0.15, -0.1) is 0 Å². The highest BCUT2D eigenvalue weighted by Gasteiger charge is 2.33. The molecule has 3 aromatic rings. The molecule has 0 aliphatic carbocycles. The first-order valence-electron chi connectivity index (χ1n) is 9.10. The first kappa shape index (κ1) is 18.2. The first-order valence-corrected chi connectivity index (χ1v) is 9.10. The minimum absolute atomic E-state index is 0.107. The summed E-state index contributed by atoms with van der Waals surface area (Å²) in [5.41, 5.74) is 1.30. The van der Waals surface area contributed by atoms with E-state index in [1.165, 1.54) is 0 Å². The molecule has 1 aromatic carbocycles. The maximum absolute atomic E-state index is 13.1. The number of hydrogen-bond acceptors (Lipinski definition) is 7. The van der Waals surface area contributed by atoms with Crippen molar-refractivity contribution in [2.45, 2.75) is 13.0 Å². The third-order valence-electron chi connectivity index (χ3n) is 4.49. The molecule has 0 spiro atoms. The maximum atomic E-state index is 13.1. The minimum Gasteiger partial charge on any atom is -0.494 e. The van der Waals surface area contributed by atoms with E-state index in [9.17, 15) is 4.79 Å². The van der Waals surface area contributed by atoms with Gasteiger partial charge in [0.15, 0.2) is 5.82 Å². The van der Waals surface area contributed by atoms with Gasteiger partial charge in [0.05, 0.1) is 31.6 Å². The molecule has 1 saturated heterocycles. The fourth-order valence-electron chi connectivity index (χ4n) is 3.11. The van der Waals surface area contributed by atoms with Gasteiger partial charge in [0.2, 0.25) is 0 Å². The molecule has 9 heteroatoms. The van der Waals surface area contributed by atoms with Crippen LogP contribution in [0.15, 0.2) is 41.2 Å². The Labute approximate surface area is 161 Å². The van der Waals surface area contributed by atoms with Crippen LogP contribution in [0.4, 0.5) is 0 Å². The Balaban J connectivity index is 1.56. The predicted octanol–water partition coefficient (Wildman–Crippen LogP) is 2.08. The van der Waals surface area contributed by atoms with Crippen LogP contribution < -0.4 is 4.74 Å². The van der Waals surface area contributed by atoms with Crippen LogP contribution in [0, 0.1) is 0 Å². The van der Waals surface area contributed by atoms with Crippen molar-refractivity contribution in [3.8, 4) is 17.2 Å². The van der Waals surface area contributed by atoms with Crippen molar-refractivity contribution in [1.29, 1.82) is 0 Å². The van der Waals surface area contributed by atoms with Gasteiger partial charge >= 0.3 is 0 Å². The van der Waals surface area contributed by atoms with Crippen molar-refractivity contribution in [3.63, 3.8) is 0 Å². The second-order valence-electron chi connectivity index (χ2n) is 6.41. The van der Waals surface area contributed by atoms with Gasteiger partial charge < -0.3 is 18.9 Å². The standard InChI is InChI=1S/C19H21N5O4/c1-3-27-15-6-4-13(5-7-15)19(25)24-8-9-26-12-16(24)17-21-18(28-22-17)14-10-20-23(2)11-14/h4-7,10-11,16H,3,8-9,12H2,1-2H3/t16-/m1/s1. The minimum atomic E-state index is -0.415. The SMILES string of the molecule is CCOc1ccc(C(=O)N2CCOC[C@@H]2c2noc(-c3cnn(C)c3)n2)cc1. The Morgan fingerprint density at radius 1 is 1.32 bits per heavy atom. The van der Waals surface area contributed by atoms with E-state index in [1.54, 1.807) is 46.2 Å². The van der Waals surface area contributed by atoms with Crippen LogP contribution in [-0.2, 0) is 11.8 Å². The first-order chi connectivity index (χ1) is 13.7. The number of ether oxygens (including phenoxy) is 2. The number of benzene rings is 1. The van der Waals surface area contributed by atoms with Crippen molar-refractivity contribution in [3.05, 3.63) is 48.0 Å². The van der Waals surface area contributed by atoms with Gasteiger partial charge in [0, 0.05) is 25.4 Å². The molecule has 0 bridgehead atoms. The average Bonchev–Trinajstić information content (AvgIpc) is 3.37. The largest absolute Gasteiger partial charge is 0.494 e. The Kier molecular flexibility index (Phi) is 5.07. The molecule has 1 aliphatic rings. The number of nitrogens with zero attached hydrogens (tertiary/aromatic N) is 5. The Morgan fingerprint density at radius 2 is 2.14 bits per heavy atom. The van der Waals surface area contributed by atoms with E-state index in [2.05, 4.69) is 15.2 Å². The summed E-state index contributed by atoms with van der Waals surface area (Å²) in [6.07, 6.45) is 3.44. The monoisotopic (exact) mass is 383 g/mol. The zero-order valence-corrected chi connectivity index (χ0v) is 15.7. The lowest BCUT2D eigenvalue weighted by Crippen LogP contribution is -2.43. The van der Waals surface area contributed by atoms with Crippen LogP contribution in [0.5, 0.6) is 5.75 Å². The lowest BCUT2D eigenvalue weighted by Gasteiger charge is -2.33. The summed E-state index contributed by atoms with van der Waals surface area (Å²) in [6, 6.07) is 6.69. The van der Waals surface area contributed by atoms with Crippen molar-refractivity contribution >= 4 is 5.91 Å². The molecule has 1 aliphatic heterocycles. The summed E-state index contributed by atoms with van der Waals surface area (Å²) >= 11 is 0. The van der Waals surface area contributed by atoms with Crippen molar-refractivity contribution in [2.75, 3.05) is 26.4 Å². The molecular weight excluding hydrogens is 362 g/mol. The van der Waals surface area contributed by atoms with E-state index in [0.29, 0.717) is 43.6 Å². The van der Waals surface area contributed by atoms with E-state index in [-0.39, 0.29) is 5.91 Å². The van der Waals surface area contributed by atoms with E-state index < -0.39 is 6.04 Å². The van der Waals surface area contributed by atoms with E-state index >= 15 is 0 Å². The fourth-order valence-corrected chi connectivity index (χ4v) is 3.11. The summed E-state index contributed by atoms with van der Waals surface area (Å²) in [6.45, 7) is 3.73. The quantitative estimate of drug-likeness (QED) is 0.665. The van der Waals surface area contributed by atoms with Gasteiger partial charge in [-0.1, -0.05) is 5.16 Å². The number of carbonyl (C=O) groups excluding carboxylic acids is 1. The summed E-state index contributed by atoms with van der Waals surface area (Å²) in [5.74, 6) is 1.40. The van der Waals surface area contributed by atoms with Crippen LogP contribution in [0.25, 0.3) is 11.5 Å². The highest BCUT2D eigenvalue weighted by atomic mass is 16.5. The molecule has 0 N–H and O–H groups in total. The highest BCUT2D eigenvalue weighted by Crippen LogP contribution is 2.27. The molecule has 1 atom stereocenters. The lowest BCUT2D eigenvalue weighted by atomic mass is 10.1. The third-order valence-corrected chi connectivity index (χ3v) is 4.49. The predicted molar refractivity (Wildman–Crippen MR) is 98.7 cm³/mol. The van der Waals surface area contributed by atoms with Crippen LogP contribution >= 0.6 is 0 Å². The van der Waals surface area contributed by atoms with Crippen molar-refractivity contribution < 1.29 is 18.8 Å². The third kappa shape index (κ3) is 3.61. The topological polar surface area (TPSA) is 95.5 Å². The van der Waals surface area contributed by atoms with Gasteiger partial charge in [-0.25, -0.2) is 0 Å². The Bertz CT molecular complexity index is 949.